The van der Waals surface area contributed by atoms with E-state index in [-0.39, 0.29) is 17.7 Å². The Bertz CT molecular complexity index is 575. The number of benzene rings is 1. The number of rotatable bonds is 4. The predicted molar refractivity (Wildman–Crippen MR) is 80.2 cm³/mol. The van der Waals surface area contributed by atoms with E-state index in [9.17, 15) is 9.59 Å². The number of nitrogens with one attached hydrogen (secondary N) is 2. The normalized spacial score (nSPS) is 25.9. The van der Waals surface area contributed by atoms with Crippen LogP contribution in [0.3, 0.4) is 0 Å². The zero-order valence-electron chi connectivity index (χ0n) is 12.3. The topological polar surface area (TPSA) is 67.4 Å². The van der Waals surface area contributed by atoms with Gasteiger partial charge in [-0.25, -0.2) is 0 Å². The second-order valence-electron chi connectivity index (χ2n) is 6.01. The minimum absolute atomic E-state index is 0.0560. The lowest BCUT2D eigenvalue weighted by atomic mass is 10.0. The van der Waals surface area contributed by atoms with Crippen molar-refractivity contribution in [2.45, 2.75) is 26.2 Å². The van der Waals surface area contributed by atoms with Crippen LogP contribution < -0.4 is 15.4 Å². The number of ether oxygens (including phenoxy) is 1. The van der Waals surface area contributed by atoms with Crippen LogP contribution >= 0.6 is 0 Å². The van der Waals surface area contributed by atoms with Crippen molar-refractivity contribution in [2.24, 2.45) is 17.8 Å². The number of carbonyl (C=O) groups is 2. The number of carbonyl (C=O) groups excluding carboxylic acids is 2. The molecule has 0 aliphatic heterocycles. The molecule has 2 atom stereocenters. The Hall–Kier alpha value is -2.04. The van der Waals surface area contributed by atoms with E-state index in [1.165, 1.54) is 13.3 Å². The van der Waals surface area contributed by atoms with Crippen LogP contribution in [-0.4, -0.2) is 18.9 Å². The summed E-state index contributed by atoms with van der Waals surface area (Å²) >= 11 is 0. The molecular formula is C16H20N2O3. The third kappa shape index (κ3) is 3.01. The lowest BCUT2D eigenvalue weighted by molar-refractivity contribution is -0.120. The first-order valence-corrected chi connectivity index (χ1v) is 7.33. The van der Waals surface area contributed by atoms with Gasteiger partial charge in [0, 0.05) is 18.5 Å². The Balaban J connectivity index is 1.72. The molecule has 0 saturated heterocycles. The van der Waals surface area contributed by atoms with Crippen molar-refractivity contribution in [2.75, 3.05) is 17.7 Å². The maximum Gasteiger partial charge on any atom is 0.227 e. The summed E-state index contributed by atoms with van der Waals surface area (Å²) in [6.45, 7) is 1.45. The summed E-state index contributed by atoms with van der Waals surface area (Å²) < 4.78 is 5.27. The van der Waals surface area contributed by atoms with Gasteiger partial charge in [-0.1, -0.05) is 0 Å². The van der Waals surface area contributed by atoms with Gasteiger partial charge in [0.25, 0.3) is 0 Å². The van der Waals surface area contributed by atoms with E-state index in [0.717, 1.165) is 24.7 Å². The van der Waals surface area contributed by atoms with Crippen LogP contribution in [0.15, 0.2) is 18.2 Å². The van der Waals surface area contributed by atoms with E-state index in [1.807, 2.05) is 0 Å². The quantitative estimate of drug-likeness (QED) is 0.895. The van der Waals surface area contributed by atoms with E-state index in [4.69, 9.17) is 4.74 Å². The van der Waals surface area contributed by atoms with Crippen LogP contribution in [0.1, 0.15) is 26.2 Å². The molecule has 5 nitrogen and oxygen atoms in total. The molecule has 0 spiro atoms. The number of fused-ring (bicyclic) bond motifs is 1. The Labute approximate surface area is 124 Å². The minimum Gasteiger partial charge on any atom is -0.495 e. The van der Waals surface area contributed by atoms with E-state index >= 15 is 0 Å². The molecule has 2 unspecified atom stereocenters. The molecule has 2 aliphatic rings. The largest absolute Gasteiger partial charge is 0.495 e. The molecule has 1 aromatic rings. The molecule has 0 aromatic heterocycles. The standard InChI is InChI=1S/C16H20N2O3/c1-9(19)17-13-3-4-15(21-2)14(8-13)18-16(20)12-6-10-5-11(10)7-12/h3-4,8,10-12H,5-7H2,1-2H3,(H,17,19)(H,18,20). The molecule has 0 bridgehead atoms. The summed E-state index contributed by atoms with van der Waals surface area (Å²) in [5.41, 5.74) is 1.25. The molecule has 2 N–H and O–H groups in total. The Morgan fingerprint density at radius 3 is 2.48 bits per heavy atom. The van der Waals surface area contributed by atoms with Crippen molar-refractivity contribution in [3.05, 3.63) is 18.2 Å². The third-order valence-electron chi connectivity index (χ3n) is 4.39. The van der Waals surface area contributed by atoms with E-state index in [1.54, 1.807) is 25.3 Å². The zero-order chi connectivity index (χ0) is 15.0. The van der Waals surface area contributed by atoms with Gasteiger partial charge in [0.05, 0.1) is 12.8 Å². The van der Waals surface area contributed by atoms with Crippen molar-refractivity contribution < 1.29 is 14.3 Å². The molecule has 2 fully saturated rings. The highest BCUT2D eigenvalue weighted by Crippen LogP contribution is 2.54. The average molecular weight is 288 g/mol. The zero-order valence-corrected chi connectivity index (χ0v) is 12.3. The first kappa shape index (κ1) is 13.9. The summed E-state index contributed by atoms with van der Waals surface area (Å²) in [6, 6.07) is 5.22. The second kappa shape index (κ2) is 5.39. The molecule has 112 valence electrons. The lowest BCUT2D eigenvalue weighted by Gasteiger charge is -2.15. The van der Waals surface area contributed by atoms with Crippen LogP contribution in [0.25, 0.3) is 0 Å². The molecule has 0 heterocycles. The first-order chi connectivity index (χ1) is 10.1. The molecule has 5 heteroatoms. The van der Waals surface area contributed by atoms with Crippen molar-refractivity contribution in [1.29, 1.82) is 0 Å². The lowest BCUT2D eigenvalue weighted by Crippen LogP contribution is -2.22. The fourth-order valence-electron chi connectivity index (χ4n) is 3.25. The van der Waals surface area contributed by atoms with Gasteiger partial charge in [-0.2, -0.15) is 0 Å². The predicted octanol–water partition coefficient (Wildman–Crippen LogP) is 2.64. The van der Waals surface area contributed by atoms with Crippen LogP contribution in [-0.2, 0) is 9.59 Å². The van der Waals surface area contributed by atoms with Crippen molar-refractivity contribution in [3.63, 3.8) is 0 Å². The molecule has 0 radical (unpaired) electrons. The molecule has 2 amide bonds. The molecule has 1 aromatic carbocycles. The fourth-order valence-corrected chi connectivity index (χ4v) is 3.25. The third-order valence-corrected chi connectivity index (χ3v) is 4.39. The molecule has 3 rings (SSSR count). The summed E-state index contributed by atoms with van der Waals surface area (Å²) in [5.74, 6) is 2.17. The van der Waals surface area contributed by atoms with Gasteiger partial charge in [-0.3, -0.25) is 9.59 Å². The van der Waals surface area contributed by atoms with Gasteiger partial charge >= 0.3 is 0 Å². The van der Waals surface area contributed by atoms with Crippen LogP contribution in [0.4, 0.5) is 11.4 Å². The van der Waals surface area contributed by atoms with Crippen LogP contribution in [0, 0.1) is 17.8 Å². The Morgan fingerprint density at radius 2 is 1.86 bits per heavy atom. The van der Waals surface area contributed by atoms with Gasteiger partial charge in [0.1, 0.15) is 5.75 Å². The Morgan fingerprint density at radius 1 is 1.14 bits per heavy atom. The van der Waals surface area contributed by atoms with Gasteiger partial charge in [0.2, 0.25) is 11.8 Å². The summed E-state index contributed by atoms with van der Waals surface area (Å²) in [6.07, 6.45) is 3.31. The highest BCUT2D eigenvalue weighted by atomic mass is 16.5. The number of hydrogen-bond donors (Lipinski definition) is 2. The molecular weight excluding hydrogens is 268 g/mol. The number of anilines is 2. The van der Waals surface area contributed by atoms with Crippen molar-refractivity contribution >= 4 is 23.2 Å². The maximum atomic E-state index is 12.3. The average Bonchev–Trinajstić information content (AvgIpc) is 3.05. The second-order valence-corrected chi connectivity index (χ2v) is 6.01. The van der Waals surface area contributed by atoms with Crippen LogP contribution in [0.5, 0.6) is 5.75 Å². The number of amides is 2. The minimum atomic E-state index is -0.145. The highest BCUT2D eigenvalue weighted by molar-refractivity contribution is 5.96. The summed E-state index contributed by atoms with van der Waals surface area (Å²) in [5, 5.41) is 5.65. The summed E-state index contributed by atoms with van der Waals surface area (Å²) in [7, 11) is 1.56. The maximum absolute atomic E-state index is 12.3. The molecule has 2 saturated carbocycles. The van der Waals surface area contributed by atoms with E-state index < -0.39 is 0 Å². The van der Waals surface area contributed by atoms with Crippen LogP contribution in [0.2, 0.25) is 0 Å². The Kier molecular flexibility index (Phi) is 3.57. The van der Waals surface area contributed by atoms with Gasteiger partial charge < -0.3 is 15.4 Å². The molecule has 2 aliphatic carbocycles. The molecule has 21 heavy (non-hydrogen) atoms. The van der Waals surface area contributed by atoms with E-state index in [0.29, 0.717) is 17.1 Å². The number of methoxy groups -OCH3 is 1. The van der Waals surface area contributed by atoms with Gasteiger partial charge in [0.15, 0.2) is 0 Å². The number of hydrogen-bond acceptors (Lipinski definition) is 3. The highest BCUT2D eigenvalue weighted by Gasteiger charge is 2.48. The van der Waals surface area contributed by atoms with E-state index in [2.05, 4.69) is 10.6 Å². The van der Waals surface area contributed by atoms with Gasteiger partial charge in [-0.15, -0.1) is 0 Å². The van der Waals surface area contributed by atoms with Gasteiger partial charge in [-0.05, 0) is 49.3 Å². The first-order valence-electron chi connectivity index (χ1n) is 7.33. The van der Waals surface area contributed by atoms with Crippen molar-refractivity contribution in [3.8, 4) is 5.75 Å². The monoisotopic (exact) mass is 288 g/mol. The smallest absolute Gasteiger partial charge is 0.227 e. The van der Waals surface area contributed by atoms with Crippen molar-refractivity contribution in [1.82, 2.24) is 0 Å². The fraction of sp³-hybridized carbons (Fsp3) is 0.500. The summed E-state index contributed by atoms with van der Waals surface area (Å²) in [4.78, 5) is 23.4. The SMILES string of the molecule is COc1ccc(NC(C)=O)cc1NC(=O)C1CC2CC2C1.